The predicted molar refractivity (Wildman–Crippen MR) is 122 cm³/mol. The highest BCUT2D eigenvalue weighted by Gasteiger charge is 2.36. The van der Waals surface area contributed by atoms with E-state index in [2.05, 4.69) is 0 Å². The summed E-state index contributed by atoms with van der Waals surface area (Å²) in [6.45, 7) is 0.0846. The summed E-state index contributed by atoms with van der Waals surface area (Å²) < 4.78 is 27.2. The minimum absolute atomic E-state index is 0.0846. The maximum Gasteiger partial charge on any atom is 0.266 e. The first-order valence-electron chi connectivity index (χ1n) is 9.32. The van der Waals surface area contributed by atoms with Crippen LogP contribution in [-0.2, 0) is 14.8 Å². The van der Waals surface area contributed by atoms with Crippen molar-refractivity contribution in [3.05, 3.63) is 102 Å². The Morgan fingerprint density at radius 1 is 0.767 bits per heavy atom. The van der Waals surface area contributed by atoms with Gasteiger partial charge in [-0.25, -0.2) is 12.7 Å². The summed E-state index contributed by atoms with van der Waals surface area (Å²) in [5, 5.41) is -0.200. The molecule has 0 bridgehead atoms. The third-order valence-corrected chi connectivity index (χ3v) is 8.80. The van der Waals surface area contributed by atoms with E-state index in [9.17, 15) is 13.2 Å². The lowest BCUT2D eigenvalue weighted by Crippen LogP contribution is -2.43. The molecule has 0 N–H and O–H groups in total. The van der Waals surface area contributed by atoms with Crippen molar-refractivity contribution in [1.29, 1.82) is 0 Å². The zero-order valence-corrected chi connectivity index (χ0v) is 18.4. The standard InChI is InChI=1S/C23H19NO3S3/c25-23-16-21(28-18-10-4-1-5-11-18)22(29-19-12-6-2-7-13-19)17-24(23)30(26,27)20-14-8-3-9-15-20/h1-16,22H,17H2. The smallest absolute Gasteiger partial charge is 0.266 e. The largest absolute Gasteiger partial charge is 0.269 e. The van der Waals surface area contributed by atoms with Gasteiger partial charge in [0, 0.05) is 20.8 Å². The number of hydrogen-bond acceptors (Lipinski definition) is 5. The Labute approximate surface area is 185 Å². The van der Waals surface area contributed by atoms with Crippen molar-refractivity contribution in [3.8, 4) is 0 Å². The molecular weight excluding hydrogens is 434 g/mol. The molecule has 7 heteroatoms. The summed E-state index contributed by atoms with van der Waals surface area (Å²) in [6, 6.07) is 27.7. The molecule has 1 aliphatic heterocycles. The lowest BCUT2D eigenvalue weighted by atomic mass is 10.3. The molecule has 1 atom stereocenters. The van der Waals surface area contributed by atoms with Crippen LogP contribution in [0.25, 0.3) is 0 Å². The number of rotatable bonds is 6. The van der Waals surface area contributed by atoms with Crippen LogP contribution in [0, 0.1) is 0 Å². The zero-order chi connectivity index (χ0) is 21.0. The molecule has 1 aliphatic rings. The Bertz CT molecular complexity index is 1150. The van der Waals surface area contributed by atoms with Crippen molar-refractivity contribution < 1.29 is 13.2 Å². The first-order chi connectivity index (χ1) is 14.5. The lowest BCUT2D eigenvalue weighted by Gasteiger charge is -2.31. The molecular formula is C23H19NO3S3. The average Bonchev–Trinajstić information content (AvgIpc) is 2.77. The fourth-order valence-corrected chi connectivity index (χ4v) is 6.79. The minimum Gasteiger partial charge on any atom is -0.269 e. The van der Waals surface area contributed by atoms with E-state index in [-0.39, 0.29) is 16.7 Å². The van der Waals surface area contributed by atoms with Crippen LogP contribution in [0.4, 0.5) is 0 Å². The van der Waals surface area contributed by atoms with E-state index in [1.807, 2.05) is 60.7 Å². The quantitative estimate of drug-likeness (QED) is 0.522. The second-order valence-electron chi connectivity index (χ2n) is 6.57. The number of hydrogen-bond donors (Lipinski definition) is 0. The molecule has 3 aromatic rings. The van der Waals surface area contributed by atoms with Gasteiger partial charge in [-0.05, 0) is 36.4 Å². The topological polar surface area (TPSA) is 54.5 Å². The maximum absolute atomic E-state index is 13.1. The van der Waals surface area contributed by atoms with Gasteiger partial charge < -0.3 is 0 Å². The Hall–Kier alpha value is -2.48. The van der Waals surface area contributed by atoms with Gasteiger partial charge in [-0.1, -0.05) is 66.4 Å². The SMILES string of the molecule is O=C1C=C(Sc2ccccc2)C(Sc2ccccc2)CN1S(=O)(=O)c1ccccc1. The maximum atomic E-state index is 13.1. The molecule has 1 unspecified atom stereocenters. The van der Waals surface area contributed by atoms with Crippen LogP contribution in [0.3, 0.4) is 0 Å². The average molecular weight is 454 g/mol. The summed E-state index contributed by atoms with van der Waals surface area (Å²) >= 11 is 3.06. The van der Waals surface area contributed by atoms with E-state index in [1.54, 1.807) is 30.0 Å². The summed E-state index contributed by atoms with van der Waals surface area (Å²) in [5.41, 5.74) is 0. The second kappa shape index (κ2) is 9.12. The van der Waals surface area contributed by atoms with Gasteiger partial charge in [0.05, 0.1) is 16.7 Å². The highest BCUT2D eigenvalue weighted by Crippen LogP contribution is 2.40. The van der Waals surface area contributed by atoms with Gasteiger partial charge in [-0.2, -0.15) is 0 Å². The molecule has 0 aromatic heterocycles. The van der Waals surface area contributed by atoms with E-state index in [4.69, 9.17) is 0 Å². The Kier molecular flexibility index (Phi) is 6.32. The Morgan fingerprint density at radius 2 is 1.30 bits per heavy atom. The number of thioether (sulfide) groups is 2. The van der Waals surface area contributed by atoms with Crippen molar-refractivity contribution in [1.82, 2.24) is 4.31 Å². The molecule has 0 aliphatic carbocycles. The molecule has 30 heavy (non-hydrogen) atoms. The van der Waals surface area contributed by atoms with Crippen LogP contribution in [-0.4, -0.2) is 30.4 Å². The summed E-state index contributed by atoms with van der Waals surface area (Å²) in [7, 11) is -3.92. The highest BCUT2D eigenvalue weighted by molar-refractivity contribution is 8.06. The molecule has 4 nitrogen and oxygen atoms in total. The van der Waals surface area contributed by atoms with Crippen LogP contribution in [0.5, 0.6) is 0 Å². The van der Waals surface area contributed by atoms with Gasteiger partial charge in [0.2, 0.25) is 0 Å². The van der Waals surface area contributed by atoms with E-state index in [1.165, 1.54) is 30.0 Å². The van der Waals surface area contributed by atoms with Gasteiger partial charge in [0.25, 0.3) is 15.9 Å². The van der Waals surface area contributed by atoms with Gasteiger partial charge >= 0.3 is 0 Å². The van der Waals surface area contributed by atoms with Gasteiger partial charge in [0.1, 0.15) is 0 Å². The van der Waals surface area contributed by atoms with Gasteiger partial charge in [-0.15, -0.1) is 11.8 Å². The first kappa shape index (κ1) is 20.8. The number of amides is 1. The number of sulfonamides is 1. The molecule has 0 saturated carbocycles. The number of carbonyl (C=O) groups excluding carboxylic acids is 1. The van der Waals surface area contributed by atoms with E-state index in [0.29, 0.717) is 0 Å². The summed E-state index contributed by atoms with van der Waals surface area (Å²) in [6.07, 6.45) is 1.46. The molecule has 1 amide bonds. The van der Waals surface area contributed by atoms with Crippen LogP contribution < -0.4 is 0 Å². The minimum atomic E-state index is -3.92. The zero-order valence-electron chi connectivity index (χ0n) is 15.9. The molecule has 3 aromatic carbocycles. The monoisotopic (exact) mass is 453 g/mol. The fraction of sp³-hybridized carbons (Fsp3) is 0.0870. The van der Waals surface area contributed by atoms with E-state index in [0.717, 1.165) is 19.0 Å². The number of nitrogens with zero attached hydrogens (tertiary/aromatic N) is 1. The van der Waals surface area contributed by atoms with Crippen LogP contribution in [0.1, 0.15) is 0 Å². The molecule has 152 valence electrons. The van der Waals surface area contributed by atoms with Gasteiger partial charge in [0.15, 0.2) is 0 Å². The fourth-order valence-electron chi connectivity index (χ4n) is 3.03. The third kappa shape index (κ3) is 4.64. The number of benzene rings is 3. The van der Waals surface area contributed by atoms with Crippen LogP contribution in [0.15, 0.2) is 117 Å². The lowest BCUT2D eigenvalue weighted by molar-refractivity contribution is -0.121. The van der Waals surface area contributed by atoms with Gasteiger partial charge in [-0.3, -0.25) is 4.79 Å². The third-order valence-electron chi connectivity index (χ3n) is 4.49. The first-order valence-corrected chi connectivity index (χ1v) is 12.5. The molecule has 0 fully saturated rings. The van der Waals surface area contributed by atoms with E-state index < -0.39 is 15.9 Å². The molecule has 1 heterocycles. The van der Waals surface area contributed by atoms with Crippen LogP contribution in [0.2, 0.25) is 0 Å². The molecule has 0 spiro atoms. The predicted octanol–water partition coefficient (Wildman–Crippen LogP) is 5.05. The molecule has 0 saturated heterocycles. The van der Waals surface area contributed by atoms with Crippen molar-refractivity contribution in [2.24, 2.45) is 0 Å². The Morgan fingerprint density at radius 3 is 1.90 bits per heavy atom. The molecule has 4 rings (SSSR count). The van der Waals surface area contributed by atoms with Crippen molar-refractivity contribution in [2.75, 3.05) is 6.54 Å². The van der Waals surface area contributed by atoms with Crippen molar-refractivity contribution >= 4 is 39.5 Å². The second-order valence-corrected chi connectivity index (χ2v) is 10.9. The van der Waals surface area contributed by atoms with Crippen molar-refractivity contribution in [2.45, 2.75) is 19.9 Å². The van der Waals surface area contributed by atoms with Crippen LogP contribution >= 0.6 is 23.5 Å². The highest BCUT2D eigenvalue weighted by atomic mass is 32.2. The molecule has 0 radical (unpaired) electrons. The van der Waals surface area contributed by atoms with E-state index >= 15 is 0 Å². The Balaban J connectivity index is 1.68. The number of carbonyl (C=O) groups is 1. The normalized spacial score (nSPS) is 16.9. The summed E-state index contributed by atoms with van der Waals surface area (Å²) in [4.78, 5) is 15.9. The van der Waals surface area contributed by atoms with Crippen molar-refractivity contribution in [3.63, 3.8) is 0 Å². The summed E-state index contributed by atoms with van der Waals surface area (Å²) in [5.74, 6) is -0.512.